The molecule has 106 valence electrons. The highest BCUT2D eigenvalue weighted by Gasteiger charge is 2.13. The van der Waals surface area contributed by atoms with E-state index in [0.29, 0.717) is 0 Å². The van der Waals surface area contributed by atoms with E-state index >= 15 is 0 Å². The Morgan fingerprint density at radius 3 is 2.45 bits per heavy atom. The summed E-state index contributed by atoms with van der Waals surface area (Å²) in [7, 11) is 0. The number of nitrogens with two attached hydrogens (primary N) is 1. The highest BCUT2D eigenvalue weighted by atomic mass is 79.9. The van der Waals surface area contributed by atoms with E-state index in [4.69, 9.17) is 5.84 Å². The van der Waals surface area contributed by atoms with Crippen LogP contribution in [0.5, 0.6) is 0 Å². The van der Waals surface area contributed by atoms with Gasteiger partial charge in [0.15, 0.2) is 0 Å². The molecule has 2 nitrogen and oxygen atoms in total. The standard InChI is InChI=1S/C17H21BrN2/c1-11-4-5-13(3)14(6-11)10-17(20-19)15-7-12(2)8-16(18)9-15/h4-9,17,20H,10,19H2,1-3H3. The Balaban J connectivity index is 2.30. The van der Waals surface area contributed by atoms with Gasteiger partial charge in [0.1, 0.15) is 0 Å². The average Bonchev–Trinajstić information content (AvgIpc) is 2.38. The fourth-order valence-corrected chi connectivity index (χ4v) is 3.10. The smallest absolute Gasteiger partial charge is 0.0500 e. The maximum absolute atomic E-state index is 5.78. The van der Waals surface area contributed by atoms with Crippen LogP contribution < -0.4 is 11.3 Å². The number of aryl methyl sites for hydroxylation is 3. The van der Waals surface area contributed by atoms with E-state index in [1.165, 1.54) is 27.8 Å². The maximum atomic E-state index is 5.78. The van der Waals surface area contributed by atoms with Crippen molar-refractivity contribution in [2.75, 3.05) is 0 Å². The lowest BCUT2D eigenvalue weighted by molar-refractivity contribution is 0.550. The Bertz CT molecular complexity index is 588. The third-order valence-corrected chi connectivity index (χ3v) is 4.05. The first-order valence-corrected chi connectivity index (χ1v) is 7.58. The van der Waals surface area contributed by atoms with Crippen LogP contribution in [0.15, 0.2) is 40.9 Å². The van der Waals surface area contributed by atoms with Crippen molar-refractivity contribution in [3.05, 3.63) is 68.7 Å². The van der Waals surface area contributed by atoms with Crippen molar-refractivity contribution in [2.45, 2.75) is 33.2 Å². The first kappa shape index (κ1) is 15.2. The van der Waals surface area contributed by atoms with Gasteiger partial charge in [0, 0.05) is 4.47 Å². The zero-order valence-electron chi connectivity index (χ0n) is 12.2. The summed E-state index contributed by atoms with van der Waals surface area (Å²) in [5, 5.41) is 0. The number of benzene rings is 2. The number of rotatable bonds is 4. The Hall–Kier alpha value is -1.16. The summed E-state index contributed by atoms with van der Waals surface area (Å²) in [5.74, 6) is 5.78. The van der Waals surface area contributed by atoms with Crippen LogP contribution in [-0.4, -0.2) is 0 Å². The second-order valence-corrected chi connectivity index (χ2v) is 6.33. The summed E-state index contributed by atoms with van der Waals surface area (Å²) in [6.07, 6.45) is 0.889. The summed E-state index contributed by atoms with van der Waals surface area (Å²) >= 11 is 3.55. The van der Waals surface area contributed by atoms with Crippen LogP contribution in [-0.2, 0) is 6.42 Å². The van der Waals surface area contributed by atoms with E-state index in [2.05, 4.69) is 78.5 Å². The van der Waals surface area contributed by atoms with Gasteiger partial charge in [-0.2, -0.15) is 0 Å². The van der Waals surface area contributed by atoms with Crippen molar-refractivity contribution in [3.8, 4) is 0 Å². The SMILES string of the molecule is Cc1cc(Br)cc(C(Cc2cc(C)ccc2C)NN)c1. The fraction of sp³-hybridized carbons (Fsp3) is 0.294. The molecule has 3 N–H and O–H groups in total. The van der Waals surface area contributed by atoms with Crippen LogP contribution in [0.25, 0.3) is 0 Å². The van der Waals surface area contributed by atoms with E-state index in [9.17, 15) is 0 Å². The molecule has 0 heterocycles. The molecule has 2 aromatic carbocycles. The van der Waals surface area contributed by atoms with E-state index in [0.717, 1.165) is 10.9 Å². The summed E-state index contributed by atoms with van der Waals surface area (Å²) in [6, 6.07) is 13.1. The minimum atomic E-state index is 0.117. The Labute approximate surface area is 129 Å². The third kappa shape index (κ3) is 3.69. The van der Waals surface area contributed by atoms with Gasteiger partial charge in [0.25, 0.3) is 0 Å². The lowest BCUT2D eigenvalue weighted by Gasteiger charge is -2.19. The molecular weight excluding hydrogens is 312 g/mol. The highest BCUT2D eigenvalue weighted by molar-refractivity contribution is 9.10. The predicted octanol–water partition coefficient (Wildman–Crippen LogP) is 4.12. The first-order valence-electron chi connectivity index (χ1n) is 6.79. The summed E-state index contributed by atoms with van der Waals surface area (Å²) < 4.78 is 1.09. The van der Waals surface area contributed by atoms with Gasteiger partial charge in [-0.25, -0.2) is 0 Å². The van der Waals surface area contributed by atoms with Crippen LogP contribution in [0.4, 0.5) is 0 Å². The molecule has 0 bridgehead atoms. The fourth-order valence-electron chi connectivity index (χ4n) is 2.48. The lowest BCUT2D eigenvalue weighted by Crippen LogP contribution is -2.29. The van der Waals surface area contributed by atoms with Crippen LogP contribution in [0.3, 0.4) is 0 Å². The van der Waals surface area contributed by atoms with Crippen molar-refractivity contribution < 1.29 is 0 Å². The number of hydrogen-bond donors (Lipinski definition) is 2. The molecule has 0 fully saturated rings. The molecular formula is C17H21BrN2. The van der Waals surface area contributed by atoms with E-state index < -0.39 is 0 Å². The molecule has 0 saturated heterocycles. The minimum absolute atomic E-state index is 0.117. The van der Waals surface area contributed by atoms with Gasteiger partial charge in [-0.15, -0.1) is 0 Å². The van der Waals surface area contributed by atoms with Crippen molar-refractivity contribution in [1.82, 2.24) is 5.43 Å². The van der Waals surface area contributed by atoms with Gasteiger partial charge in [0.2, 0.25) is 0 Å². The largest absolute Gasteiger partial charge is 0.271 e. The Kier molecular flexibility index (Phi) is 4.97. The molecule has 2 aromatic rings. The van der Waals surface area contributed by atoms with Gasteiger partial charge in [-0.3, -0.25) is 11.3 Å². The molecule has 0 radical (unpaired) electrons. The second kappa shape index (κ2) is 6.53. The molecule has 0 spiro atoms. The van der Waals surface area contributed by atoms with Crippen molar-refractivity contribution in [1.29, 1.82) is 0 Å². The van der Waals surface area contributed by atoms with Crippen LogP contribution in [0.2, 0.25) is 0 Å². The number of hydrazine groups is 1. The Morgan fingerprint density at radius 1 is 1.05 bits per heavy atom. The van der Waals surface area contributed by atoms with Gasteiger partial charge in [-0.05, 0) is 61.6 Å². The molecule has 0 amide bonds. The minimum Gasteiger partial charge on any atom is -0.271 e. The number of nitrogens with one attached hydrogen (secondary N) is 1. The summed E-state index contributed by atoms with van der Waals surface area (Å²) in [6.45, 7) is 6.37. The molecule has 2 rings (SSSR count). The molecule has 20 heavy (non-hydrogen) atoms. The Morgan fingerprint density at radius 2 is 1.80 bits per heavy atom. The average molecular weight is 333 g/mol. The number of halogens is 1. The molecule has 0 aliphatic rings. The third-order valence-electron chi connectivity index (χ3n) is 3.60. The molecule has 0 saturated carbocycles. The summed E-state index contributed by atoms with van der Waals surface area (Å²) in [4.78, 5) is 0. The van der Waals surface area contributed by atoms with Gasteiger partial charge < -0.3 is 0 Å². The lowest BCUT2D eigenvalue weighted by atomic mass is 9.94. The van der Waals surface area contributed by atoms with Gasteiger partial charge in [-0.1, -0.05) is 45.8 Å². The number of hydrogen-bond acceptors (Lipinski definition) is 2. The molecule has 1 atom stereocenters. The van der Waals surface area contributed by atoms with Crippen LogP contribution >= 0.6 is 15.9 Å². The maximum Gasteiger partial charge on any atom is 0.0500 e. The molecule has 3 heteroatoms. The van der Waals surface area contributed by atoms with Crippen molar-refractivity contribution in [3.63, 3.8) is 0 Å². The molecule has 1 unspecified atom stereocenters. The second-order valence-electron chi connectivity index (χ2n) is 5.42. The van der Waals surface area contributed by atoms with Crippen molar-refractivity contribution in [2.24, 2.45) is 5.84 Å². The van der Waals surface area contributed by atoms with E-state index in [1.54, 1.807) is 0 Å². The quantitative estimate of drug-likeness (QED) is 0.652. The molecule has 0 aromatic heterocycles. The zero-order valence-corrected chi connectivity index (χ0v) is 13.8. The normalized spacial score (nSPS) is 12.4. The van der Waals surface area contributed by atoms with Crippen LogP contribution in [0.1, 0.15) is 33.9 Å². The monoisotopic (exact) mass is 332 g/mol. The van der Waals surface area contributed by atoms with Gasteiger partial charge in [0.05, 0.1) is 6.04 Å². The molecule has 0 aliphatic carbocycles. The zero-order chi connectivity index (χ0) is 14.7. The van der Waals surface area contributed by atoms with E-state index in [-0.39, 0.29) is 6.04 Å². The van der Waals surface area contributed by atoms with Crippen LogP contribution in [0, 0.1) is 20.8 Å². The topological polar surface area (TPSA) is 38.0 Å². The van der Waals surface area contributed by atoms with E-state index in [1.807, 2.05) is 0 Å². The summed E-state index contributed by atoms with van der Waals surface area (Å²) in [5.41, 5.74) is 9.32. The predicted molar refractivity (Wildman–Crippen MR) is 88.6 cm³/mol. The van der Waals surface area contributed by atoms with Gasteiger partial charge >= 0.3 is 0 Å². The first-order chi connectivity index (χ1) is 9.49. The van der Waals surface area contributed by atoms with Crippen molar-refractivity contribution >= 4 is 15.9 Å². The highest BCUT2D eigenvalue weighted by Crippen LogP contribution is 2.24. The molecule has 0 aliphatic heterocycles.